The average Bonchev–Trinajstić information content (AvgIpc) is 2.23. The smallest absolute Gasteiger partial charge is 0.305 e. The van der Waals surface area contributed by atoms with E-state index in [2.05, 4.69) is 21.2 Å². The summed E-state index contributed by atoms with van der Waals surface area (Å²) in [5.74, 6) is -1.60. The maximum absolute atomic E-state index is 13.2. The van der Waals surface area contributed by atoms with Gasteiger partial charge >= 0.3 is 6.03 Å². The van der Waals surface area contributed by atoms with Crippen molar-refractivity contribution in [3.63, 3.8) is 0 Å². The Bertz CT molecular complexity index is 428. The number of carbonyl (C=O) groups excluding carboxylic acids is 2. The van der Waals surface area contributed by atoms with Crippen LogP contribution in [0.2, 0.25) is 0 Å². The van der Waals surface area contributed by atoms with Gasteiger partial charge in [0.25, 0.3) is 0 Å². The Morgan fingerprint density at radius 3 is 2.75 bits per heavy atom. The number of benzene rings is 1. The summed E-state index contributed by atoms with van der Waals surface area (Å²) in [6.07, 6.45) is 0. The van der Waals surface area contributed by atoms with Crippen molar-refractivity contribution in [3.8, 4) is 0 Å². The minimum absolute atomic E-state index is 0.0331. The maximum atomic E-state index is 13.2. The van der Waals surface area contributed by atoms with Crippen LogP contribution in [-0.2, 0) is 4.79 Å². The number of urea groups is 1. The molecule has 4 nitrogen and oxygen atoms in total. The molecule has 0 aromatic heterocycles. The van der Waals surface area contributed by atoms with Gasteiger partial charge < -0.3 is 5.32 Å². The zero-order chi connectivity index (χ0) is 12.1. The summed E-state index contributed by atoms with van der Waals surface area (Å²) in [7, 11) is 0. The van der Waals surface area contributed by atoms with E-state index >= 15 is 0 Å². The van der Waals surface area contributed by atoms with Crippen molar-refractivity contribution in [2.24, 2.45) is 0 Å². The number of hydrogen-bond donors (Lipinski definition) is 2. The normalized spacial score (nSPS) is 9.69. The lowest BCUT2D eigenvalue weighted by molar-refractivity contribution is -0.117. The lowest BCUT2D eigenvalue weighted by Gasteiger charge is -2.06. The SMILES string of the molecule is O=C(CCl)NC(=O)Nc1cc(Br)ccc1F. The van der Waals surface area contributed by atoms with E-state index in [1.165, 1.54) is 18.2 Å². The second-order valence-electron chi connectivity index (χ2n) is 2.76. The van der Waals surface area contributed by atoms with Crippen LogP contribution in [0.5, 0.6) is 0 Å². The molecule has 0 bridgehead atoms. The number of hydrogen-bond acceptors (Lipinski definition) is 2. The van der Waals surface area contributed by atoms with Gasteiger partial charge in [0.15, 0.2) is 0 Å². The number of anilines is 1. The van der Waals surface area contributed by atoms with Gasteiger partial charge in [-0.05, 0) is 18.2 Å². The molecule has 1 aromatic carbocycles. The highest BCUT2D eigenvalue weighted by atomic mass is 79.9. The maximum Gasteiger partial charge on any atom is 0.325 e. The van der Waals surface area contributed by atoms with E-state index in [9.17, 15) is 14.0 Å². The molecule has 0 saturated carbocycles. The molecular weight excluding hydrogens is 302 g/mol. The fourth-order valence-electron chi connectivity index (χ4n) is 0.907. The molecule has 3 amide bonds. The van der Waals surface area contributed by atoms with E-state index in [1.807, 2.05) is 5.32 Å². The fourth-order valence-corrected chi connectivity index (χ4v) is 1.33. The van der Waals surface area contributed by atoms with Gasteiger partial charge in [0, 0.05) is 4.47 Å². The van der Waals surface area contributed by atoms with Crippen LogP contribution in [0, 0.1) is 5.82 Å². The van der Waals surface area contributed by atoms with Crippen molar-refractivity contribution in [1.29, 1.82) is 0 Å². The number of amides is 3. The van der Waals surface area contributed by atoms with Crippen molar-refractivity contribution in [1.82, 2.24) is 5.32 Å². The summed E-state index contributed by atoms with van der Waals surface area (Å²) in [5.41, 5.74) is -0.0331. The number of halogens is 3. The summed E-state index contributed by atoms with van der Waals surface area (Å²) in [5, 5.41) is 4.10. The molecule has 1 aromatic rings. The molecule has 16 heavy (non-hydrogen) atoms. The molecule has 7 heteroatoms. The van der Waals surface area contributed by atoms with Crippen LogP contribution in [0.3, 0.4) is 0 Å². The predicted octanol–water partition coefficient (Wildman–Crippen LogP) is 2.48. The molecule has 0 heterocycles. The molecule has 0 aliphatic carbocycles. The molecule has 0 aliphatic heterocycles. The van der Waals surface area contributed by atoms with Crippen LogP contribution in [-0.4, -0.2) is 17.8 Å². The molecule has 86 valence electrons. The molecule has 1 rings (SSSR count). The van der Waals surface area contributed by atoms with Crippen molar-refractivity contribution >= 4 is 45.2 Å². The first-order chi connectivity index (χ1) is 7.52. The number of alkyl halides is 1. The van der Waals surface area contributed by atoms with Gasteiger partial charge in [-0.25, -0.2) is 9.18 Å². The lowest BCUT2D eigenvalue weighted by atomic mass is 10.3. The van der Waals surface area contributed by atoms with E-state index in [-0.39, 0.29) is 11.6 Å². The van der Waals surface area contributed by atoms with Gasteiger partial charge in [-0.15, -0.1) is 11.6 Å². The molecule has 0 radical (unpaired) electrons. The Hall–Kier alpha value is -1.14. The van der Waals surface area contributed by atoms with Crippen molar-refractivity contribution in [3.05, 3.63) is 28.5 Å². The zero-order valence-electron chi connectivity index (χ0n) is 7.89. The second kappa shape index (κ2) is 5.81. The highest BCUT2D eigenvalue weighted by Gasteiger charge is 2.09. The minimum Gasteiger partial charge on any atom is -0.305 e. The van der Waals surface area contributed by atoms with E-state index in [0.717, 1.165) is 0 Å². The Labute approximate surface area is 104 Å². The van der Waals surface area contributed by atoms with E-state index < -0.39 is 17.8 Å². The summed E-state index contributed by atoms with van der Waals surface area (Å²) in [6.45, 7) is 0. The quantitative estimate of drug-likeness (QED) is 0.825. The third-order valence-electron chi connectivity index (χ3n) is 1.55. The second-order valence-corrected chi connectivity index (χ2v) is 3.94. The third-order valence-corrected chi connectivity index (χ3v) is 2.29. The third kappa shape index (κ3) is 3.79. The molecule has 0 saturated heterocycles. The first-order valence-electron chi connectivity index (χ1n) is 4.15. The molecule has 2 N–H and O–H groups in total. The van der Waals surface area contributed by atoms with Gasteiger partial charge in [-0.2, -0.15) is 0 Å². The van der Waals surface area contributed by atoms with Crippen LogP contribution in [0.1, 0.15) is 0 Å². The number of rotatable bonds is 2. The van der Waals surface area contributed by atoms with Crippen molar-refractivity contribution in [2.45, 2.75) is 0 Å². The number of imide groups is 1. The van der Waals surface area contributed by atoms with E-state index in [4.69, 9.17) is 11.6 Å². The zero-order valence-corrected chi connectivity index (χ0v) is 10.2. The van der Waals surface area contributed by atoms with Crippen LogP contribution >= 0.6 is 27.5 Å². The monoisotopic (exact) mass is 308 g/mol. The first kappa shape index (κ1) is 12.9. The van der Waals surface area contributed by atoms with Crippen molar-refractivity contribution in [2.75, 3.05) is 11.2 Å². The average molecular weight is 310 g/mol. The minimum atomic E-state index is -0.831. The predicted molar refractivity (Wildman–Crippen MR) is 62.0 cm³/mol. The highest BCUT2D eigenvalue weighted by Crippen LogP contribution is 2.19. The van der Waals surface area contributed by atoms with Gasteiger partial charge in [-0.3, -0.25) is 10.1 Å². The van der Waals surface area contributed by atoms with Gasteiger partial charge in [0.2, 0.25) is 5.91 Å². The lowest BCUT2D eigenvalue weighted by Crippen LogP contribution is -2.35. The number of nitrogens with one attached hydrogen (secondary N) is 2. The van der Waals surface area contributed by atoms with Gasteiger partial charge in [-0.1, -0.05) is 15.9 Å². The van der Waals surface area contributed by atoms with Gasteiger partial charge in [0.1, 0.15) is 11.7 Å². The Kier molecular flexibility index (Phi) is 4.70. The fraction of sp³-hybridized carbons (Fsp3) is 0.111. The standard InChI is InChI=1S/C9H7BrClFN2O2/c10-5-1-2-6(12)7(3-5)13-9(16)14-8(15)4-11/h1-3H,4H2,(H2,13,14,15,16). The molecule has 0 unspecified atom stereocenters. The van der Waals surface area contributed by atoms with Crippen LogP contribution in [0.4, 0.5) is 14.9 Å². The summed E-state index contributed by atoms with van der Waals surface area (Å²) < 4.78 is 13.8. The first-order valence-corrected chi connectivity index (χ1v) is 5.47. The van der Waals surface area contributed by atoms with Crippen LogP contribution in [0.25, 0.3) is 0 Å². The molecule has 0 aliphatic rings. The molecular formula is C9H7BrClFN2O2. The summed E-state index contributed by atoms with van der Waals surface area (Å²) in [6, 6.07) is 3.22. The van der Waals surface area contributed by atoms with E-state index in [0.29, 0.717) is 4.47 Å². The molecule has 0 atom stereocenters. The largest absolute Gasteiger partial charge is 0.325 e. The van der Waals surface area contributed by atoms with Crippen LogP contribution < -0.4 is 10.6 Å². The van der Waals surface area contributed by atoms with Crippen LogP contribution in [0.15, 0.2) is 22.7 Å². The number of carbonyl (C=O) groups is 2. The van der Waals surface area contributed by atoms with E-state index in [1.54, 1.807) is 0 Å². The highest BCUT2D eigenvalue weighted by molar-refractivity contribution is 9.10. The Morgan fingerprint density at radius 1 is 1.44 bits per heavy atom. The molecule has 0 spiro atoms. The van der Waals surface area contributed by atoms with Gasteiger partial charge in [0.05, 0.1) is 5.69 Å². The Balaban J connectivity index is 2.69. The summed E-state index contributed by atoms with van der Waals surface area (Å²) in [4.78, 5) is 21.9. The topological polar surface area (TPSA) is 58.2 Å². The Morgan fingerprint density at radius 2 is 2.12 bits per heavy atom. The molecule has 0 fully saturated rings. The summed E-state index contributed by atoms with van der Waals surface area (Å²) >= 11 is 8.31. The van der Waals surface area contributed by atoms with Crippen molar-refractivity contribution < 1.29 is 14.0 Å².